The zero-order valence-corrected chi connectivity index (χ0v) is 14.2. The molecule has 0 amide bonds. The molecule has 1 aliphatic rings. The molecule has 21 heavy (non-hydrogen) atoms. The molecule has 0 spiro atoms. The second-order valence-corrected chi connectivity index (χ2v) is 7.94. The van der Waals surface area contributed by atoms with Crippen molar-refractivity contribution in [3.05, 3.63) is 35.9 Å². The van der Waals surface area contributed by atoms with Gasteiger partial charge in [0.1, 0.15) is 0 Å². The van der Waals surface area contributed by atoms with Crippen LogP contribution >= 0.6 is 0 Å². The Balaban J connectivity index is 2.05. The van der Waals surface area contributed by atoms with Crippen LogP contribution in [0.15, 0.2) is 30.3 Å². The van der Waals surface area contributed by atoms with Crippen LogP contribution in [0, 0.1) is 11.3 Å². The van der Waals surface area contributed by atoms with Gasteiger partial charge in [0.2, 0.25) is 0 Å². The minimum atomic E-state index is 0.177. The van der Waals surface area contributed by atoms with E-state index < -0.39 is 0 Å². The van der Waals surface area contributed by atoms with Gasteiger partial charge in [-0.3, -0.25) is 4.90 Å². The van der Waals surface area contributed by atoms with Crippen molar-refractivity contribution in [3.8, 4) is 0 Å². The van der Waals surface area contributed by atoms with E-state index in [0.717, 1.165) is 25.4 Å². The standard InChI is InChI=1S/C19H32N2/c1-16-12-18(2,3)14-19(13-16,15-20)21(4)11-10-17-8-6-5-7-9-17/h5-9,16H,10-15,20H2,1-4H3. The first-order valence-corrected chi connectivity index (χ1v) is 8.32. The van der Waals surface area contributed by atoms with Crippen molar-refractivity contribution >= 4 is 0 Å². The molecule has 0 aromatic heterocycles. The first kappa shape index (κ1) is 16.5. The summed E-state index contributed by atoms with van der Waals surface area (Å²) in [5.41, 5.74) is 8.24. The van der Waals surface area contributed by atoms with Gasteiger partial charge >= 0.3 is 0 Å². The van der Waals surface area contributed by atoms with Crippen LogP contribution in [0.5, 0.6) is 0 Å². The Hall–Kier alpha value is -0.860. The molecule has 0 heterocycles. The number of hydrogen-bond donors (Lipinski definition) is 1. The summed E-state index contributed by atoms with van der Waals surface area (Å²) in [5.74, 6) is 0.761. The van der Waals surface area contributed by atoms with Gasteiger partial charge in [-0.25, -0.2) is 0 Å². The van der Waals surface area contributed by atoms with Gasteiger partial charge in [-0.05, 0) is 49.6 Å². The molecule has 1 aromatic rings. The van der Waals surface area contributed by atoms with Crippen molar-refractivity contribution in [1.29, 1.82) is 0 Å². The van der Waals surface area contributed by atoms with E-state index in [1.807, 2.05) is 0 Å². The quantitative estimate of drug-likeness (QED) is 0.895. The minimum absolute atomic E-state index is 0.177. The van der Waals surface area contributed by atoms with Gasteiger partial charge in [-0.1, -0.05) is 51.1 Å². The third kappa shape index (κ3) is 4.08. The second-order valence-electron chi connectivity index (χ2n) is 7.94. The van der Waals surface area contributed by atoms with Crippen LogP contribution in [0.1, 0.15) is 45.6 Å². The minimum Gasteiger partial charge on any atom is -0.329 e. The van der Waals surface area contributed by atoms with Gasteiger partial charge in [-0.2, -0.15) is 0 Å². The highest BCUT2D eigenvalue weighted by atomic mass is 15.2. The summed E-state index contributed by atoms with van der Waals surface area (Å²) in [7, 11) is 2.27. The highest BCUT2D eigenvalue weighted by molar-refractivity contribution is 5.15. The highest BCUT2D eigenvalue weighted by Crippen LogP contribution is 2.45. The molecule has 0 aliphatic heterocycles. The maximum atomic E-state index is 6.25. The third-order valence-electron chi connectivity index (χ3n) is 5.21. The SMILES string of the molecule is CC1CC(C)(C)CC(CN)(N(C)CCc2ccccc2)C1. The summed E-state index contributed by atoms with van der Waals surface area (Å²) in [6, 6.07) is 10.8. The molecule has 0 saturated heterocycles. The molecule has 0 bridgehead atoms. The topological polar surface area (TPSA) is 29.3 Å². The van der Waals surface area contributed by atoms with E-state index >= 15 is 0 Å². The van der Waals surface area contributed by atoms with E-state index in [2.05, 4.69) is 63.1 Å². The predicted molar refractivity (Wildman–Crippen MR) is 91.4 cm³/mol. The second kappa shape index (κ2) is 6.50. The average molecular weight is 288 g/mol. The largest absolute Gasteiger partial charge is 0.329 e. The van der Waals surface area contributed by atoms with Crippen LogP contribution in [0.2, 0.25) is 0 Å². The highest BCUT2D eigenvalue weighted by Gasteiger charge is 2.44. The fourth-order valence-corrected chi connectivity index (χ4v) is 4.48. The van der Waals surface area contributed by atoms with E-state index in [4.69, 9.17) is 5.73 Å². The van der Waals surface area contributed by atoms with Crippen molar-refractivity contribution in [3.63, 3.8) is 0 Å². The number of nitrogens with two attached hydrogens (primary N) is 1. The molecule has 2 nitrogen and oxygen atoms in total. The number of hydrogen-bond acceptors (Lipinski definition) is 2. The zero-order valence-electron chi connectivity index (χ0n) is 14.2. The molecule has 2 unspecified atom stereocenters. The fraction of sp³-hybridized carbons (Fsp3) is 0.684. The van der Waals surface area contributed by atoms with Crippen molar-refractivity contribution in [2.45, 2.75) is 52.0 Å². The van der Waals surface area contributed by atoms with Crippen molar-refractivity contribution in [1.82, 2.24) is 4.90 Å². The van der Waals surface area contributed by atoms with Crippen molar-refractivity contribution in [2.24, 2.45) is 17.1 Å². The number of likely N-dealkylation sites (N-methyl/N-ethyl adjacent to an activating group) is 1. The number of rotatable bonds is 5. The van der Waals surface area contributed by atoms with E-state index in [0.29, 0.717) is 5.41 Å². The Morgan fingerprint density at radius 2 is 1.86 bits per heavy atom. The van der Waals surface area contributed by atoms with E-state index in [1.165, 1.54) is 24.8 Å². The predicted octanol–water partition coefficient (Wildman–Crippen LogP) is 3.70. The average Bonchev–Trinajstić information content (AvgIpc) is 2.43. The Morgan fingerprint density at radius 1 is 1.19 bits per heavy atom. The summed E-state index contributed by atoms with van der Waals surface area (Å²) in [5, 5.41) is 0. The molecule has 118 valence electrons. The normalized spacial score (nSPS) is 28.8. The van der Waals surface area contributed by atoms with Gasteiger partial charge in [0, 0.05) is 18.6 Å². The molecule has 2 N–H and O–H groups in total. The first-order valence-electron chi connectivity index (χ1n) is 8.32. The molecule has 2 rings (SSSR count). The maximum Gasteiger partial charge on any atom is 0.0336 e. The lowest BCUT2D eigenvalue weighted by molar-refractivity contribution is 0.00400. The molecule has 0 radical (unpaired) electrons. The molecule has 1 saturated carbocycles. The van der Waals surface area contributed by atoms with Gasteiger partial charge in [0.25, 0.3) is 0 Å². The van der Waals surface area contributed by atoms with Gasteiger partial charge < -0.3 is 5.73 Å². The fourth-order valence-electron chi connectivity index (χ4n) is 4.48. The van der Waals surface area contributed by atoms with E-state index in [-0.39, 0.29) is 5.54 Å². The lowest BCUT2D eigenvalue weighted by atomic mass is 9.63. The lowest BCUT2D eigenvalue weighted by Crippen LogP contribution is -2.58. The van der Waals surface area contributed by atoms with Crippen molar-refractivity contribution in [2.75, 3.05) is 20.1 Å². The Kier molecular flexibility index (Phi) is 5.11. The monoisotopic (exact) mass is 288 g/mol. The van der Waals surface area contributed by atoms with Crippen LogP contribution < -0.4 is 5.73 Å². The molecule has 2 heteroatoms. The molecule has 1 fully saturated rings. The van der Waals surface area contributed by atoms with Crippen molar-refractivity contribution < 1.29 is 0 Å². The maximum absolute atomic E-state index is 6.25. The van der Waals surface area contributed by atoms with E-state index in [1.54, 1.807) is 0 Å². The summed E-state index contributed by atoms with van der Waals surface area (Å²) in [4.78, 5) is 2.54. The Labute approximate surface area is 130 Å². The van der Waals surface area contributed by atoms with Gasteiger partial charge in [0.05, 0.1) is 0 Å². The Bertz CT molecular complexity index is 440. The summed E-state index contributed by atoms with van der Waals surface area (Å²) in [6.07, 6.45) is 4.87. The zero-order chi connectivity index (χ0) is 15.5. The van der Waals surface area contributed by atoms with Gasteiger partial charge in [-0.15, -0.1) is 0 Å². The van der Waals surface area contributed by atoms with Crippen LogP contribution in [0.3, 0.4) is 0 Å². The third-order valence-corrected chi connectivity index (χ3v) is 5.21. The van der Waals surface area contributed by atoms with Crippen LogP contribution in [0.4, 0.5) is 0 Å². The van der Waals surface area contributed by atoms with Crippen LogP contribution in [0.25, 0.3) is 0 Å². The Morgan fingerprint density at radius 3 is 2.43 bits per heavy atom. The van der Waals surface area contributed by atoms with Crippen LogP contribution in [-0.2, 0) is 6.42 Å². The summed E-state index contributed by atoms with van der Waals surface area (Å²) >= 11 is 0. The molecule has 1 aliphatic carbocycles. The molecule has 1 aromatic carbocycles. The first-order chi connectivity index (χ1) is 9.87. The summed E-state index contributed by atoms with van der Waals surface area (Å²) in [6.45, 7) is 9.04. The summed E-state index contributed by atoms with van der Waals surface area (Å²) < 4.78 is 0. The lowest BCUT2D eigenvalue weighted by Gasteiger charge is -2.52. The number of nitrogens with zero attached hydrogens (tertiary/aromatic N) is 1. The van der Waals surface area contributed by atoms with E-state index in [9.17, 15) is 0 Å². The molecular formula is C19H32N2. The molecular weight excluding hydrogens is 256 g/mol. The van der Waals surface area contributed by atoms with Crippen LogP contribution in [-0.4, -0.2) is 30.6 Å². The molecule has 2 atom stereocenters. The van der Waals surface area contributed by atoms with Gasteiger partial charge in [0.15, 0.2) is 0 Å². The smallest absolute Gasteiger partial charge is 0.0336 e. The number of benzene rings is 1.